The lowest BCUT2D eigenvalue weighted by molar-refractivity contribution is 0.338. The lowest BCUT2D eigenvalue weighted by Crippen LogP contribution is -2.20. The molecule has 1 aliphatic carbocycles. The topological polar surface area (TPSA) is 3.01 Å². The minimum Gasteiger partial charge on any atom is -0.295 e. The monoisotopic (exact) mass is 139 g/mol. The van der Waals surface area contributed by atoms with Gasteiger partial charge in [0.2, 0.25) is 0 Å². The summed E-state index contributed by atoms with van der Waals surface area (Å²) in [5, 5.41) is 0. The first kappa shape index (κ1) is 6.66. The van der Waals surface area contributed by atoms with E-state index in [1.165, 1.54) is 32.1 Å². The largest absolute Gasteiger partial charge is 0.295 e. The second kappa shape index (κ2) is 1.97. The van der Waals surface area contributed by atoms with Gasteiger partial charge in [0, 0.05) is 11.6 Å². The molecule has 0 N–H and O–H groups in total. The number of hydrogen-bond acceptors (Lipinski definition) is 1. The van der Waals surface area contributed by atoms with E-state index < -0.39 is 0 Å². The van der Waals surface area contributed by atoms with Gasteiger partial charge in [-0.15, -0.1) is 0 Å². The highest BCUT2D eigenvalue weighted by Crippen LogP contribution is 2.49. The van der Waals surface area contributed by atoms with Crippen LogP contribution < -0.4 is 0 Å². The Morgan fingerprint density at radius 1 is 1.20 bits per heavy atom. The van der Waals surface area contributed by atoms with Gasteiger partial charge >= 0.3 is 0 Å². The summed E-state index contributed by atoms with van der Waals surface area (Å²) in [5.74, 6) is 0. The Morgan fingerprint density at radius 2 is 1.70 bits per heavy atom. The fourth-order valence-corrected chi connectivity index (χ4v) is 2.65. The molecule has 1 aliphatic heterocycles. The van der Waals surface area contributed by atoms with Crippen LogP contribution in [0, 0.1) is 0 Å². The molecule has 0 radical (unpaired) electrons. The maximum atomic E-state index is 2.55. The maximum absolute atomic E-state index is 2.55. The number of likely N-dealkylation sites (N-methyl/N-ethyl adjacent to an activating group) is 1. The van der Waals surface area contributed by atoms with Gasteiger partial charge < -0.3 is 0 Å². The number of rotatable bonds is 0. The molecule has 1 spiro atoms. The number of hydrogen-bond donors (Lipinski definition) is 0. The van der Waals surface area contributed by atoms with Crippen LogP contribution >= 0.6 is 0 Å². The van der Waals surface area contributed by atoms with Crippen LogP contribution in [-0.2, 0) is 0 Å². The third-order valence-corrected chi connectivity index (χ3v) is 3.71. The van der Waals surface area contributed by atoms with Crippen LogP contribution in [-0.4, -0.2) is 23.5 Å². The van der Waals surface area contributed by atoms with E-state index in [9.17, 15) is 0 Å². The summed E-state index contributed by atoms with van der Waals surface area (Å²) >= 11 is 0. The van der Waals surface area contributed by atoms with Crippen molar-refractivity contribution >= 4 is 0 Å². The quantitative estimate of drug-likeness (QED) is 0.464. The average molecular weight is 139 g/mol. The van der Waals surface area contributed by atoms with Crippen molar-refractivity contribution < 1.29 is 0 Å². The van der Waals surface area contributed by atoms with E-state index in [1.807, 2.05) is 0 Å². The predicted octanol–water partition coefficient (Wildman–Crippen LogP) is 2.02. The van der Waals surface area contributed by atoms with E-state index in [2.05, 4.69) is 18.9 Å². The molecule has 0 aromatic rings. The second-order valence-corrected chi connectivity index (χ2v) is 3.95. The smallest absolute Gasteiger partial charge is 0.0362 e. The molecular weight excluding hydrogens is 122 g/mol. The third-order valence-electron chi connectivity index (χ3n) is 3.71. The Labute approximate surface area is 63.4 Å². The van der Waals surface area contributed by atoms with Gasteiger partial charge in [0.1, 0.15) is 0 Å². The Hall–Kier alpha value is -0.0400. The molecule has 1 saturated heterocycles. The highest BCUT2D eigenvalue weighted by atomic mass is 15.4. The maximum Gasteiger partial charge on any atom is 0.0362 e. The van der Waals surface area contributed by atoms with E-state index in [4.69, 9.17) is 0 Å². The van der Waals surface area contributed by atoms with Gasteiger partial charge in [-0.1, -0.05) is 19.3 Å². The molecule has 58 valence electrons. The Morgan fingerprint density at radius 3 is 2.00 bits per heavy atom. The molecule has 2 rings (SSSR count). The van der Waals surface area contributed by atoms with Crippen molar-refractivity contribution in [3.05, 3.63) is 0 Å². The Kier molecular flexibility index (Phi) is 1.31. The van der Waals surface area contributed by atoms with Gasteiger partial charge in [0.25, 0.3) is 0 Å². The van der Waals surface area contributed by atoms with Gasteiger partial charge in [0.15, 0.2) is 0 Å². The van der Waals surface area contributed by atoms with Crippen LogP contribution in [0.1, 0.15) is 39.0 Å². The van der Waals surface area contributed by atoms with Crippen molar-refractivity contribution in [2.45, 2.75) is 50.6 Å². The van der Waals surface area contributed by atoms with E-state index in [-0.39, 0.29) is 0 Å². The summed E-state index contributed by atoms with van der Waals surface area (Å²) in [6.07, 6.45) is 7.33. The SMILES string of the molecule is CC1N(C)C12CCCCC2. The summed E-state index contributed by atoms with van der Waals surface area (Å²) in [7, 11) is 2.27. The molecule has 0 aromatic carbocycles. The molecule has 2 fully saturated rings. The fourth-order valence-electron chi connectivity index (χ4n) is 2.65. The van der Waals surface area contributed by atoms with Crippen LogP contribution in [0.2, 0.25) is 0 Å². The van der Waals surface area contributed by atoms with E-state index >= 15 is 0 Å². The molecule has 2 aliphatic rings. The zero-order chi connectivity index (χ0) is 7.19. The number of nitrogens with zero attached hydrogens (tertiary/aromatic N) is 1. The minimum absolute atomic E-state index is 0.679. The fraction of sp³-hybridized carbons (Fsp3) is 1.00. The zero-order valence-corrected chi connectivity index (χ0v) is 7.06. The molecule has 1 nitrogen and oxygen atoms in total. The molecule has 0 aromatic heterocycles. The van der Waals surface area contributed by atoms with Crippen molar-refractivity contribution in [3.63, 3.8) is 0 Å². The minimum atomic E-state index is 0.679. The van der Waals surface area contributed by atoms with Crippen molar-refractivity contribution in [3.8, 4) is 0 Å². The molecule has 10 heavy (non-hydrogen) atoms. The summed E-state index contributed by atoms with van der Waals surface area (Å²) in [4.78, 5) is 2.55. The molecule has 1 heteroatoms. The normalized spacial score (nSPS) is 43.8. The van der Waals surface area contributed by atoms with E-state index in [1.54, 1.807) is 0 Å². The first-order valence-electron chi connectivity index (χ1n) is 4.50. The molecule has 2 unspecified atom stereocenters. The van der Waals surface area contributed by atoms with Crippen LogP contribution in [0.3, 0.4) is 0 Å². The molecule has 1 saturated carbocycles. The van der Waals surface area contributed by atoms with Gasteiger partial charge in [-0.25, -0.2) is 0 Å². The molecule has 0 amide bonds. The molecule has 0 bridgehead atoms. The van der Waals surface area contributed by atoms with Gasteiger partial charge in [-0.2, -0.15) is 0 Å². The Balaban J connectivity index is 2.03. The lowest BCUT2D eigenvalue weighted by Gasteiger charge is -2.21. The van der Waals surface area contributed by atoms with E-state index in [0.717, 1.165) is 6.04 Å². The first-order valence-corrected chi connectivity index (χ1v) is 4.50. The predicted molar refractivity (Wildman–Crippen MR) is 43.0 cm³/mol. The lowest BCUT2D eigenvalue weighted by atomic mass is 9.86. The van der Waals surface area contributed by atoms with Crippen LogP contribution in [0.15, 0.2) is 0 Å². The van der Waals surface area contributed by atoms with Crippen LogP contribution in [0.5, 0.6) is 0 Å². The second-order valence-electron chi connectivity index (χ2n) is 3.95. The van der Waals surface area contributed by atoms with Crippen LogP contribution in [0.4, 0.5) is 0 Å². The standard InChI is InChI=1S/C9H17N/c1-8-9(10(8)2)6-4-3-5-7-9/h8H,3-7H2,1-2H3. The summed E-state index contributed by atoms with van der Waals surface area (Å²) in [6, 6.07) is 0.882. The molecular formula is C9H17N. The highest BCUT2D eigenvalue weighted by Gasteiger charge is 2.56. The van der Waals surface area contributed by atoms with Crippen molar-refractivity contribution in [2.24, 2.45) is 0 Å². The first-order chi connectivity index (χ1) is 4.77. The Bertz CT molecular complexity index is 126. The van der Waals surface area contributed by atoms with Crippen molar-refractivity contribution in [2.75, 3.05) is 7.05 Å². The van der Waals surface area contributed by atoms with Gasteiger partial charge in [-0.05, 0) is 26.8 Å². The zero-order valence-electron chi connectivity index (χ0n) is 7.06. The average Bonchev–Trinajstić information content (AvgIpc) is 2.45. The third kappa shape index (κ3) is 0.672. The summed E-state index contributed by atoms with van der Waals surface area (Å²) in [5.41, 5.74) is 0.679. The van der Waals surface area contributed by atoms with Crippen molar-refractivity contribution in [1.82, 2.24) is 4.90 Å². The molecule has 1 heterocycles. The summed E-state index contributed by atoms with van der Waals surface area (Å²) in [6.45, 7) is 2.37. The highest BCUT2D eigenvalue weighted by molar-refractivity contribution is 5.13. The van der Waals surface area contributed by atoms with Gasteiger partial charge in [0.05, 0.1) is 0 Å². The molecule has 2 atom stereocenters. The van der Waals surface area contributed by atoms with Crippen LogP contribution in [0.25, 0.3) is 0 Å². The summed E-state index contributed by atoms with van der Waals surface area (Å²) < 4.78 is 0. The van der Waals surface area contributed by atoms with E-state index in [0.29, 0.717) is 5.54 Å². The van der Waals surface area contributed by atoms with Crippen molar-refractivity contribution in [1.29, 1.82) is 0 Å². The van der Waals surface area contributed by atoms with Gasteiger partial charge in [-0.3, -0.25) is 4.90 Å².